The molecule has 2 N–H and O–H groups in total. The molecule has 0 fully saturated rings. The minimum absolute atomic E-state index is 0.131. The van der Waals surface area contributed by atoms with Crippen molar-refractivity contribution in [3.8, 4) is 22.4 Å². The zero-order valence-electron chi connectivity index (χ0n) is 19.0. The molecule has 10 heteroatoms. The molecule has 0 amide bonds. The molecule has 5 rings (SSSR count). The highest BCUT2D eigenvalue weighted by molar-refractivity contribution is 5.95. The van der Waals surface area contributed by atoms with Crippen molar-refractivity contribution in [1.29, 1.82) is 0 Å². The molecule has 182 valence electrons. The molecular formula is C26H20F3N5O2. The second-order valence-electron chi connectivity index (χ2n) is 8.35. The Morgan fingerprint density at radius 1 is 0.972 bits per heavy atom. The number of aryl methyl sites for hydroxylation is 1. The maximum atomic E-state index is 13.1. The van der Waals surface area contributed by atoms with Crippen LogP contribution in [0.3, 0.4) is 0 Å². The number of H-pyrrole nitrogens is 1. The first-order valence-corrected chi connectivity index (χ1v) is 11.0. The quantitative estimate of drug-likeness (QED) is 0.370. The molecule has 0 radical (unpaired) electrons. The van der Waals surface area contributed by atoms with Gasteiger partial charge in [0.2, 0.25) is 0 Å². The number of nitrogens with zero attached hydrogens (tertiary/aromatic N) is 4. The molecule has 1 atom stereocenters. The number of halogens is 3. The number of benzene rings is 1. The summed E-state index contributed by atoms with van der Waals surface area (Å²) in [5, 5.41) is 18.2. The predicted molar refractivity (Wildman–Crippen MR) is 128 cm³/mol. The van der Waals surface area contributed by atoms with Gasteiger partial charge in [0.1, 0.15) is 11.4 Å². The topological polar surface area (TPSA) is 96.7 Å². The van der Waals surface area contributed by atoms with Gasteiger partial charge in [-0.25, -0.2) is 0 Å². The normalized spacial score (nSPS) is 12.7. The van der Waals surface area contributed by atoms with E-state index in [1.165, 1.54) is 22.9 Å². The molecule has 0 aliphatic heterocycles. The third-order valence-corrected chi connectivity index (χ3v) is 5.98. The smallest absolute Gasteiger partial charge is 0.394 e. The van der Waals surface area contributed by atoms with E-state index in [1.54, 1.807) is 12.3 Å². The summed E-state index contributed by atoms with van der Waals surface area (Å²) in [4.78, 5) is 20.6. The Bertz CT molecular complexity index is 1620. The first-order chi connectivity index (χ1) is 17.2. The van der Waals surface area contributed by atoms with E-state index in [0.29, 0.717) is 5.56 Å². The number of aliphatic hydroxyl groups excluding tert-OH is 1. The number of aromatic nitrogens is 5. The van der Waals surface area contributed by atoms with E-state index in [4.69, 9.17) is 0 Å². The van der Waals surface area contributed by atoms with E-state index >= 15 is 0 Å². The van der Waals surface area contributed by atoms with Crippen molar-refractivity contribution in [1.82, 2.24) is 24.7 Å². The van der Waals surface area contributed by atoms with Crippen LogP contribution in [-0.4, -0.2) is 36.4 Å². The lowest BCUT2D eigenvalue weighted by Gasteiger charge is -2.19. The van der Waals surface area contributed by atoms with Gasteiger partial charge >= 0.3 is 6.18 Å². The Balaban J connectivity index is 1.52. The van der Waals surface area contributed by atoms with Gasteiger partial charge in [0, 0.05) is 41.3 Å². The monoisotopic (exact) mass is 491 g/mol. The number of alkyl halides is 3. The van der Waals surface area contributed by atoms with E-state index in [9.17, 15) is 23.1 Å². The van der Waals surface area contributed by atoms with Crippen molar-refractivity contribution in [3.05, 3.63) is 100 Å². The van der Waals surface area contributed by atoms with Crippen molar-refractivity contribution >= 4 is 10.9 Å². The van der Waals surface area contributed by atoms with Gasteiger partial charge in [0.15, 0.2) is 0 Å². The maximum Gasteiger partial charge on any atom is 0.433 e. The zero-order valence-corrected chi connectivity index (χ0v) is 19.0. The van der Waals surface area contributed by atoms with Crippen molar-refractivity contribution in [2.75, 3.05) is 6.61 Å². The SMILES string of the molecule is Cc1cc(-c2n[nH]c3ccc(-c4ccn(C(CO)c5ccnc(C(F)(F)F)c5)c(=O)c4)cc23)ccn1. The van der Waals surface area contributed by atoms with Crippen LogP contribution >= 0.6 is 0 Å². The van der Waals surface area contributed by atoms with Crippen LogP contribution in [0.4, 0.5) is 13.2 Å². The van der Waals surface area contributed by atoms with Crippen LogP contribution in [-0.2, 0) is 6.18 Å². The lowest BCUT2D eigenvalue weighted by Crippen LogP contribution is -2.27. The average Bonchev–Trinajstić information content (AvgIpc) is 3.28. The van der Waals surface area contributed by atoms with Crippen molar-refractivity contribution in [2.24, 2.45) is 0 Å². The van der Waals surface area contributed by atoms with Crippen LogP contribution in [0.1, 0.15) is 23.0 Å². The summed E-state index contributed by atoms with van der Waals surface area (Å²) in [5.74, 6) is 0. The van der Waals surface area contributed by atoms with Crippen LogP contribution in [0.5, 0.6) is 0 Å². The predicted octanol–water partition coefficient (Wildman–Crippen LogP) is 4.76. The van der Waals surface area contributed by atoms with E-state index in [0.717, 1.165) is 45.7 Å². The Morgan fingerprint density at radius 3 is 2.47 bits per heavy atom. The minimum Gasteiger partial charge on any atom is -0.394 e. The number of nitrogens with one attached hydrogen (secondary N) is 1. The van der Waals surface area contributed by atoms with Crippen LogP contribution in [0.15, 0.2) is 78.0 Å². The molecule has 0 bridgehead atoms. The van der Waals surface area contributed by atoms with Gasteiger partial charge in [-0.05, 0) is 66.1 Å². The summed E-state index contributed by atoms with van der Waals surface area (Å²) in [5.41, 5.74) is 3.32. The number of pyridine rings is 3. The fourth-order valence-electron chi connectivity index (χ4n) is 4.20. The summed E-state index contributed by atoms with van der Waals surface area (Å²) < 4.78 is 40.5. The highest BCUT2D eigenvalue weighted by Gasteiger charge is 2.33. The number of rotatable bonds is 5. The first kappa shape index (κ1) is 23.4. The first-order valence-electron chi connectivity index (χ1n) is 11.0. The fraction of sp³-hybridized carbons (Fsp3) is 0.154. The van der Waals surface area contributed by atoms with Crippen molar-refractivity contribution < 1.29 is 18.3 Å². The van der Waals surface area contributed by atoms with Gasteiger partial charge in [-0.15, -0.1) is 0 Å². The lowest BCUT2D eigenvalue weighted by atomic mass is 10.0. The molecule has 7 nitrogen and oxygen atoms in total. The Hall–Kier alpha value is -4.31. The van der Waals surface area contributed by atoms with Crippen LogP contribution in [0.2, 0.25) is 0 Å². The number of aromatic amines is 1. The van der Waals surface area contributed by atoms with Gasteiger partial charge in [-0.1, -0.05) is 6.07 Å². The summed E-state index contributed by atoms with van der Waals surface area (Å²) in [7, 11) is 0. The van der Waals surface area contributed by atoms with Crippen LogP contribution in [0.25, 0.3) is 33.3 Å². The van der Waals surface area contributed by atoms with Gasteiger partial charge < -0.3 is 9.67 Å². The van der Waals surface area contributed by atoms with Gasteiger partial charge in [0.25, 0.3) is 5.56 Å². The Labute approximate surface area is 202 Å². The van der Waals surface area contributed by atoms with Gasteiger partial charge in [0.05, 0.1) is 18.2 Å². The molecule has 0 spiro atoms. The molecule has 0 aliphatic carbocycles. The molecule has 4 heterocycles. The summed E-state index contributed by atoms with van der Waals surface area (Å²) in [6, 6.07) is 13.7. The molecule has 1 unspecified atom stereocenters. The molecule has 1 aromatic carbocycles. The number of aliphatic hydroxyl groups is 1. The lowest BCUT2D eigenvalue weighted by molar-refractivity contribution is -0.141. The van der Waals surface area contributed by atoms with Crippen molar-refractivity contribution in [3.63, 3.8) is 0 Å². The second-order valence-corrected chi connectivity index (χ2v) is 8.35. The van der Waals surface area contributed by atoms with E-state index in [2.05, 4.69) is 20.2 Å². The molecular weight excluding hydrogens is 471 g/mol. The summed E-state index contributed by atoms with van der Waals surface area (Å²) in [6.45, 7) is 1.34. The molecule has 0 saturated carbocycles. The van der Waals surface area contributed by atoms with Gasteiger partial charge in [-0.2, -0.15) is 18.3 Å². The number of hydrogen-bond acceptors (Lipinski definition) is 5. The third kappa shape index (κ3) is 4.38. The number of fused-ring (bicyclic) bond motifs is 1. The van der Waals surface area contributed by atoms with Crippen LogP contribution < -0.4 is 5.56 Å². The van der Waals surface area contributed by atoms with Crippen molar-refractivity contribution in [2.45, 2.75) is 19.1 Å². The maximum absolute atomic E-state index is 13.1. The second kappa shape index (κ2) is 9.04. The molecule has 4 aromatic heterocycles. The highest BCUT2D eigenvalue weighted by atomic mass is 19.4. The Morgan fingerprint density at radius 2 is 1.75 bits per heavy atom. The molecule has 0 saturated heterocycles. The van der Waals surface area contributed by atoms with E-state index in [1.807, 2.05) is 37.3 Å². The van der Waals surface area contributed by atoms with E-state index < -0.39 is 30.1 Å². The molecule has 5 aromatic rings. The Kier molecular flexibility index (Phi) is 5.89. The number of hydrogen-bond donors (Lipinski definition) is 2. The minimum atomic E-state index is -4.63. The van der Waals surface area contributed by atoms with E-state index in [-0.39, 0.29) is 5.56 Å². The summed E-state index contributed by atoms with van der Waals surface area (Å²) in [6.07, 6.45) is -0.432. The fourth-order valence-corrected chi connectivity index (χ4v) is 4.20. The standard InChI is InChI=1S/C26H20F3N5O2/c1-15-10-19(5-7-30-15)25-20-11-16(2-3-21(20)32-33-25)17-6-9-34(24(36)13-17)22(14-35)18-4-8-31-23(12-18)26(27,28)29/h2-13,22,35H,14H2,1H3,(H,32,33). The van der Waals surface area contributed by atoms with Crippen LogP contribution in [0, 0.1) is 6.92 Å². The highest BCUT2D eigenvalue weighted by Crippen LogP contribution is 2.31. The zero-order chi connectivity index (χ0) is 25.4. The van der Waals surface area contributed by atoms with Gasteiger partial charge in [-0.3, -0.25) is 19.9 Å². The molecule has 36 heavy (non-hydrogen) atoms. The third-order valence-electron chi connectivity index (χ3n) is 5.98. The average molecular weight is 491 g/mol. The largest absolute Gasteiger partial charge is 0.433 e. The molecule has 0 aliphatic rings. The summed E-state index contributed by atoms with van der Waals surface area (Å²) >= 11 is 0.